The Kier molecular flexibility index (Phi) is 3.88. The molecule has 1 aliphatic heterocycles. The van der Waals surface area contributed by atoms with Gasteiger partial charge in [0, 0.05) is 16.1 Å². The van der Waals surface area contributed by atoms with Crippen LogP contribution >= 0.6 is 22.9 Å². The maximum absolute atomic E-state index is 13.2. The van der Waals surface area contributed by atoms with Gasteiger partial charge in [0.15, 0.2) is 5.84 Å². The standard InChI is InChI=1S/C18H11ClFN3S/c19-12-5-8-15-14(10-12)17(16-2-1-9-24-16)22-23-18(21-15)11-3-6-13(20)7-4-11/h1-10H,(H,21,23). The molecule has 0 saturated heterocycles. The highest BCUT2D eigenvalue weighted by Gasteiger charge is 2.18. The number of nitrogens with zero attached hydrogens (tertiary/aromatic N) is 2. The van der Waals surface area contributed by atoms with Gasteiger partial charge in [-0.25, -0.2) is 9.38 Å². The Morgan fingerprint density at radius 1 is 1.04 bits per heavy atom. The largest absolute Gasteiger partial charge is 0.260 e. The number of thiophene rings is 1. The van der Waals surface area contributed by atoms with Crippen LogP contribution in [0.3, 0.4) is 0 Å². The van der Waals surface area contributed by atoms with Gasteiger partial charge in [-0.3, -0.25) is 5.43 Å². The smallest absolute Gasteiger partial charge is 0.154 e. The minimum Gasteiger partial charge on any atom is -0.260 e. The van der Waals surface area contributed by atoms with Crippen LogP contribution in [-0.2, 0) is 0 Å². The second-order valence-electron chi connectivity index (χ2n) is 5.18. The fraction of sp³-hybridized carbons (Fsp3) is 0. The Morgan fingerprint density at radius 3 is 2.62 bits per heavy atom. The second-order valence-corrected chi connectivity index (χ2v) is 6.56. The first kappa shape index (κ1) is 15.1. The van der Waals surface area contributed by atoms with Crippen LogP contribution < -0.4 is 5.43 Å². The Hall–Kier alpha value is -2.50. The lowest BCUT2D eigenvalue weighted by Gasteiger charge is -2.05. The predicted molar refractivity (Wildman–Crippen MR) is 97.1 cm³/mol. The van der Waals surface area contributed by atoms with Gasteiger partial charge in [0.1, 0.15) is 11.5 Å². The molecule has 4 rings (SSSR count). The van der Waals surface area contributed by atoms with Crippen molar-refractivity contribution in [1.29, 1.82) is 0 Å². The molecular formula is C18H11ClFN3S. The van der Waals surface area contributed by atoms with Crippen molar-refractivity contribution in [2.45, 2.75) is 0 Å². The van der Waals surface area contributed by atoms with Gasteiger partial charge >= 0.3 is 0 Å². The number of aliphatic imine (C=N–C) groups is 1. The number of benzene rings is 2. The monoisotopic (exact) mass is 355 g/mol. The predicted octanol–water partition coefficient (Wildman–Crippen LogP) is 4.97. The number of halogens is 2. The summed E-state index contributed by atoms with van der Waals surface area (Å²) in [7, 11) is 0. The van der Waals surface area contributed by atoms with Crippen LogP contribution in [0.1, 0.15) is 16.0 Å². The second kappa shape index (κ2) is 6.19. The maximum Gasteiger partial charge on any atom is 0.154 e. The van der Waals surface area contributed by atoms with Crippen LogP contribution in [0.15, 0.2) is 70.1 Å². The van der Waals surface area contributed by atoms with Crippen LogP contribution in [0, 0.1) is 5.82 Å². The summed E-state index contributed by atoms with van der Waals surface area (Å²) in [6, 6.07) is 15.6. The Morgan fingerprint density at radius 2 is 1.88 bits per heavy atom. The molecule has 3 aromatic rings. The van der Waals surface area contributed by atoms with Crippen LogP contribution in [-0.4, -0.2) is 11.5 Å². The summed E-state index contributed by atoms with van der Waals surface area (Å²) in [6.07, 6.45) is 0. The summed E-state index contributed by atoms with van der Waals surface area (Å²) in [5, 5.41) is 7.14. The molecular weight excluding hydrogens is 345 g/mol. The molecule has 0 radical (unpaired) electrons. The molecule has 0 fully saturated rings. The number of hydrogen-bond donors (Lipinski definition) is 1. The average Bonchev–Trinajstić information content (AvgIpc) is 3.04. The summed E-state index contributed by atoms with van der Waals surface area (Å²) < 4.78 is 13.2. The summed E-state index contributed by atoms with van der Waals surface area (Å²) in [6.45, 7) is 0. The highest BCUT2D eigenvalue weighted by atomic mass is 35.5. The van der Waals surface area contributed by atoms with Crippen molar-refractivity contribution in [2.75, 3.05) is 0 Å². The van der Waals surface area contributed by atoms with E-state index in [2.05, 4.69) is 15.5 Å². The molecule has 0 atom stereocenters. The normalized spacial score (nSPS) is 13.4. The molecule has 24 heavy (non-hydrogen) atoms. The first-order valence-electron chi connectivity index (χ1n) is 7.23. The fourth-order valence-electron chi connectivity index (χ4n) is 2.45. The molecule has 0 spiro atoms. The van der Waals surface area contributed by atoms with Crippen molar-refractivity contribution in [3.05, 3.63) is 86.8 Å². The van der Waals surface area contributed by atoms with E-state index in [0.717, 1.165) is 27.4 Å². The number of amidine groups is 1. The first-order chi connectivity index (χ1) is 11.7. The van der Waals surface area contributed by atoms with Crippen molar-refractivity contribution in [3.8, 4) is 0 Å². The lowest BCUT2D eigenvalue weighted by Crippen LogP contribution is -2.19. The molecule has 1 aliphatic rings. The third-order valence-electron chi connectivity index (χ3n) is 3.59. The van der Waals surface area contributed by atoms with E-state index in [-0.39, 0.29) is 5.82 Å². The third-order valence-corrected chi connectivity index (χ3v) is 4.70. The van der Waals surface area contributed by atoms with Crippen molar-refractivity contribution in [1.82, 2.24) is 5.43 Å². The molecule has 1 N–H and O–H groups in total. The summed E-state index contributed by atoms with van der Waals surface area (Å²) in [4.78, 5) is 5.67. The van der Waals surface area contributed by atoms with E-state index in [4.69, 9.17) is 11.6 Å². The molecule has 0 amide bonds. The van der Waals surface area contributed by atoms with Gasteiger partial charge < -0.3 is 0 Å². The quantitative estimate of drug-likeness (QED) is 0.692. The van der Waals surface area contributed by atoms with Crippen LogP contribution in [0.4, 0.5) is 10.1 Å². The highest BCUT2D eigenvalue weighted by molar-refractivity contribution is 7.12. The van der Waals surface area contributed by atoms with Crippen molar-refractivity contribution < 1.29 is 4.39 Å². The van der Waals surface area contributed by atoms with Gasteiger partial charge in [-0.2, -0.15) is 5.10 Å². The molecule has 0 unspecified atom stereocenters. The van der Waals surface area contributed by atoms with E-state index >= 15 is 0 Å². The molecule has 2 aromatic carbocycles. The molecule has 118 valence electrons. The van der Waals surface area contributed by atoms with Gasteiger partial charge in [-0.15, -0.1) is 11.3 Å². The maximum atomic E-state index is 13.2. The zero-order chi connectivity index (χ0) is 16.5. The minimum atomic E-state index is -0.289. The summed E-state index contributed by atoms with van der Waals surface area (Å²) >= 11 is 7.76. The molecule has 0 saturated carbocycles. The average molecular weight is 356 g/mol. The van der Waals surface area contributed by atoms with Gasteiger partial charge in [0.05, 0.1) is 10.6 Å². The molecule has 1 aromatic heterocycles. The SMILES string of the molecule is Fc1ccc(C2=Nc3ccc(Cl)cc3C(c3cccs3)=NN2)cc1. The lowest BCUT2D eigenvalue weighted by molar-refractivity contribution is 0.627. The zero-order valence-corrected chi connectivity index (χ0v) is 13.9. The zero-order valence-electron chi connectivity index (χ0n) is 12.3. The topological polar surface area (TPSA) is 36.8 Å². The molecule has 6 heteroatoms. The molecule has 0 bridgehead atoms. The third kappa shape index (κ3) is 2.84. The van der Waals surface area contributed by atoms with Crippen LogP contribution in [0.25, 0.3) is 0 Å². The number of rotatable bonds is 2. The summed E-state index contributed by atoms with van der Waals surface area (Å²) in [5.74, 6) is 0.271. The van der Waals surface area contributed by atoms with Gasteiger partial charge in [-0.05, 0) is 53.9 Å². The van der Waals surface area contributed by atoms with Crippen LogP contribution in [0.2, 0.25) is 5.02 Å². The fourth-order valence-corrected chi connectivity index (χ4v) is 3.35. The Bertz CT molecular complexity index is 947. The number of nitrogens with one attached hydrogen (secondary N) is 1. The van der Waals surface area contributed by atoms with Crippen molar-refractivity contribution in [3.63, 3.8) is 0 Å². The molecule has 2 heterocycles. The Balaban J connectivity index is 1.87. The van der Waals surface area contributed by atoms with E-state index in [1.54, 1.807) is 29.5 Å². The molecule has 3 nitrogen and oxygen atoms in total. The molecule has 0 aliphatic carbocycles. The van der Waals surface area contributed by atoms with Crippen molar-refractivity contribution >= 4 is 40.2 Å². The number of hydrazone groups is 1. The highest BCUT2D eigenvalue weighted by Crippen LogP contribution is 2.29. The van der Waals surface area contributed by atoms with Crippen LogP contribution in [0.5, 0.6) is 0 Å². The van der Waals surface area contributed by atoms with Gasteiger partial charge in [0.2, 0.25) is 0 Å². The van der Waals surface area contributed by atoms with E-state index in [1.165, 1.54) is 12.1 Å². The number of fused-ring (bicyclic) bond motifs is 1. The van der Waals surface area contributed by atoms with E-state index < -0.39 is 0 Å². The minimum absolute atomic E-state index is 0.289. The van der Waals surface area contributed by atoms with E-state index in [9.17, 15) is 4.39 Å². The first-order valence-corrected chi connectivity index (χ1v) is 8.48. The lowest BCUT2D eigenvalue weighted by atomic mass is 10.1. The van der Waals surface area contributed by atoms with Crippen molar-refractivity contribution in [2.24, 2.45) is 10.1 Å². The van der Waals surface area contributed by atoms with E-state index in [1.807, 2.05) is 29.6 Å². The number of hydrogen-bond acceptors (Lipinski definition) is 4. The Labute approximate surface area is 147 Å². The summed E-state index contributed by atoms with van der Waals surface area (Å²) in [5.41, 5.74) is 6.16. The van der Waals surface area contributed by atoms with E-state index in [0.29, 0.717) is 10.9 Å². The van der Waals surface area contributed by atoms with Gasteiger partial charge in [-0.1, -0.05) is 17.7 Å². The van der Waals surface area contributed by atoms with Gasteiger partial charge in [0.25, 0.3) is 0 Å².